The molecule has 0 N–H and O–H groups in total. The van der Waals surface area contributed by atoms with Crippen molar-refractivity contribution >= 4 is 38.5 Å². The van der Waals surface area contributed by atoms with Crippen molar-refractivity contribution in [3.05, 3.63) is 71.1 Å². The van der Waals surface area contributed by atoms with Crippen LogP contribution in [0.15, 0.2) is 69.9 Å². The van der Waals surface area contributed by atoms with E-state index in [2.05, 4.69) is 58.2 Å². The van der Waals surface area contributed by atoms with Crippen LogP contribution >= 0.6 is 0 Å². The lowest BCUT2D eigenvalue weighted by molar-refractivity contribution is -0.633. The third kappa shape index (κ3) is 2.92. The summed E-state index contributed by atoms with van der Waals surface area (Å²) in [4.78, 5) is 15.3. The van der Waals surface area contributed by atoms with E-state index < -0.39 is 0 Å². The van der Waals surface area contributed by atoms with Crippen LogP contribution in [0.5, 0.6) is 0 Å². The zero-order valence-electron chi connectivity index (χ0n) is 18.3. The maximum Gasteiger partial charge on any atom is 0.351 e. The van der Waals surface area contributed by atoms with Gasteiger partial charge in [0.2, 0.25) is 0 Å². The van der Waals surface area contributed by atoms with Crippen molar-refractivity contribution in [2.24, 2.45) is 14.1 Å². The summed E-state index contributed by atoms with van der Waals surface area (Å²) in [7, 11) is 4.01. The molecule has 0 unspecified atom stereocenters. The molecule has 5 rings (SSSR count). The van der Waals surface area contributed by atoms with Crippen molar-refractivity contribution in [1.82, 2.24) is 4.57 Å². The molecule has 0 amide bonds. The summed E-state index contributed by atoms with van der Waals surface area (Å²) in [6.07, 6.45) is 0. The molecule has 0 radical (unpaired) electrons. The zero-order valence-corrected chi connectivity index (χ0v) is 18.3. The number of benzene rings is 3. The minimum absolute atomic E-state index is 0.324. The highest BCUT2D eigenvalue weighted by atomic mass is 16.4. The Hall–Kier alpha value is -3.60. The second kappa shape index (κ2) is 7.27. The summed E-state index contributed by atoms with van der Waals surface area (Å²) >= 11 is 0. The first-order valence-corrected chi connectivity index (χ1v) is 10.7. The lowest BCUT2D eigenvalue weighted by Gasteiger charge is -2.20. The Morgan fingerprint density at radius 2 is 1.71 bits per heavy atom. The Balaban J connectivity index is 1.75. The van der Waals surface area contributed by atoms with E-state index in [-0.39, 0.29) is 5.63 Å². The van der Waals surface area contributed by atoms with Gasteiger partial charge in [0.25, 0.3) is 5.82 Å². The Morgan fingerprint density at radius 1 is 0.968 bits per heavy atom. The molecule has 0 aliphatic carbocycles. The Bertz CT molecular complexity index is 1510. The maximum absolute atomic E-state index is 13.1. The molecule has 31 heavy (non-hydrogen) atoms. The molecule has 5 nitrogen and oxygen atoms in total. The van der Waals surface area contributed by atoms with Crippen LogP contribution in [0, 0.1) is 0 Å². The fourth-order valence-electron chi connectivity index (χ4n) is 4.71. The van der Waals surface area contributed by atoms with E-state index in [0.717, 1.165) is 41.0 Å². The molecule has 0 saturated carbocycles. The molecule has 0 bridgehead atoms. The molecule has 3 aromatic carbocycles. The highest BCUT2D eigenvalue weighted by Gasteiger charge is 2.26. The topological polar surface area (TPSA) is 42.3 Å². The van der Waals surface area contributed by atoms with Gasteiger partial charge in [0.1, 0.15) is 5.58 Å². The average Bonchev–Trinajstić information content (AvgIpc) is 3.04. The van der Waals surface area contributed by atoms with Crippen molar-refractivity contribution < 1.29 is 8.98 Å². The van der Waals surface area contributed by atoms with Crippen molar-refractivity contribution in [2.45, 2.75) is 13.8 Å². The number of fused-ring (bicyclic) bond motifs is 4. The fraction of sp³-hybridized carbons (Fsp3) is 0.231. The van der Waals surface area contributed by atoms with Gasteiger partial charge in [0.05, 0.1) is 14.1 Å². The largest absolute Gasteiger partial charge is 0.422 e. The van der Waals surface area contributed by atoms with Crippen molar-refractivity contribution in [3.8, 4) is 11.4 Å². The van der Waals surface area contributed by atoms with Gasteiger partial charge in [0, 0.05) is 35.6 Å². The first-order valence-electron chi connectivity index (χ1n) is 10.7. The number of anilines is 1. The van der Waals surface area contributed by atoms with Crippen molar-refractivity contribution in [3.63, 3.8) is 0 Å². The standard InChI is InChI=1S/C26H26N3O2/c1-5-29(6-2)19-13-11-18-15-21(26(30)31-23(18)16-19)25-27(3)22-14-12-17-9-7-8-10-20(17)24(22)28(25)4/h7-16H,5-6H2,1-4H3/q+1. The van der Waals surface area contributed by atoms with Gasteiger partial charge in [-0.1, -0.05) is 18.2 Å². The molecule has 156 valence electrons. The quantitative estimate of drug-likeness (QED) is 0.315. The first-order chi connectivity index (χ1) is 15.0. The molecule has 0 aliphatic heterocycles. The van der Waals surface area contributed by atoms with Gasteiger partial charge in [-0.2, -0.15) is 0 Å². The molecule has 5 aromatic rings. The van der Waals surface area contributed by atoms with Gasteiger partial charge in [-0.3, -0.25) is 0 Å². The van der Waals surface area contributed by atoms with Gasteiger partial charge in [-0.15, -0.1) is 0 Å². The second-order valence-corrected chi connectivity index (χ2v) is 7.94. The molecule has 0 atom stereocenters. The Morgan fingerprint density at radius 3 is 2.48 bits per heavy atom. The first kappa shape index (κ1) is 19.4. The van der Waals surface area contributed by atoms with Crippen LogP contribution in [-0.4, -0.2) is 17.7 Å². The highest BCUT2D eigenvalue weighted by Crippen LogP contribution is 2.28. The normalized spacial score (nSPS) is 11.6. The number of hydrogen-bond acceptors (Lipinski definition) is 3. The van der Waals surface area contributed by atoms with E-state index in [1.54, 1.807) is 0 Å². The summed E-state index contributed by atoms with van der Waals surface area (Å²) in [5, 5.41) is 3.26. The minimum atomic E-state index is -0.324. The molecule has 0 fully saturated rings. The van der Waals surface area contributed by atoms with Crippen LogP contribution in [-0.2, 0) is 14.1 Å². The average molecular weight is 413 g/mol. The summed E-state index contributed by atoms with van der Waals surface area (Å²) in [5.74, 6) is 0.829. The van der Waals surface area contributed by atoms with E-state index in [9.17, 15) is 4.79 Å². The summed E-state index contributed by atoms with van der Waals surface area (Å²) < 4.78 is 9.98. The van der Waals surface area contributed by atoms with Crippen molar-refractivity contribution in [1.29, 1.82) is 0 Å². The number of imidazole rings is 1. The number of hydrogen-bond donors (Lipinski definition) is 0. The van der Waals surface area contributed by atoms with Gasteiger partial charge in [0.15, 0.2) is 16.6 Å². The summed E-state index contributed by atoms with van der Waals surface area (Å²) in [5.41, 5.74) is 4.10. The van der Waals surface area contributed by atoms with Crippen LogP contribution in [0.3, 0.4) is 0 Å². The van der Waals surface area contributed by atoms with Gasteiger partial charge >= 0.3 is 5.63 Å². The number of aromatic nitrogens is 2. The Kier molecular flexibility index (Phi) is 4.54. The Labute approximate surface area is 180 Å². The minimum Gasteiger partial charge on any atom is -0.422 e. The van der Waals surface area contributed by atoms with Crippen LogP contribution in [0.4, 0.5) is 5.69 Å². The summed E-state index contributed by atoms with van der Waals surface area (Å²) in [6, 6.07) is 20.6. The van der Waals surface area contributed by atoms with Gasteiger partial charge < -0.3 is 9.32 Å². The van der Waals surface area contributed by atoms with E-state index in [0.29, 0.717) is 11.1 Å². The molecule has 2 aromatic heterocycles. The third-order valence-corrected chi connectivity index (χ3v) is 6.30. The second-order valence-electron chi connectivity index (χ2n) is 7.94. The van der Waals surface area contributed by atoms with E-state index >= 15 is 0 Å². The fourth-order valence-corrected chi connectivity index (χ4v) is 4.71. The predicted molar refractivity (Wildman–Crippen MR) is 127 cm³/mol. The molecular weight excluding hydrogens is 386 g/mol. The predicted octanol–water partition coefficient (Wildman–Crippen LogP) is 4.78. The molecule has 0 spiro atoms. The van der Waals surface area contributed by atoms with Gasteiger partial charge in [-0.05, 0) is 55.6 Å². The SMILES string of the molecule is CCN(CC)c1ccc2cc(-c3n(C)c4ccc5ccccc5c4[n+]3C)c(=O)oc2c1. The van der Waals surface area contributed by atoms with Crippen LogP contribution in [0.1, 0.15) is 13.8 Å². The highest BCUT2D eigenvalue weighted by molar-refractivity contribution is 6.03. The lowest BCUT2D eigenvalue weighted by atomic mass is 10.1. The monoisotopic (exact) mass is 412 g/mol. The summed E-state index contributed by atoms with van der Waals surface area (Å²) in [6.45, 7) is 6.06. The van der Waals surface area contributed by atoms with Crippen molar-refractivity contribution in [2.75, 3.05) is 18.0 Å². The van der Waals surface area contributed by atoms with E-state index in [4.69, 9.17) is 4.42 Å². The van der Waals surface area contributed by atoms with Gasteiger partial charge in [-0.25, -0.2) is 13.9 Å². The molecule has 2 heterocycles. The molecular formula is C26H26N3O2+. The smallest absolute Gasteiger partial charge is 0.351 e. The van der Waals surface area contributed by atoms with E-state index in [1.165, 1.54) is 10.8 Å². The number of aryl methyl sites for hydroxylation is 2. The number of nitrogens with zero attached hydrogens (tertiary/aromatic N) is 3. The van der Waals surface area contributed by atoms with Crippen LogP contribution < -0.4 is 15.1 Å². The number of rotatable bonds is 4. The lowest BCUT2D eigenvalue weighted by Crippen LogP contribution is -2.32. The molecule has 0 aliphatic rings. The third-order valence-electron chi connectivity index (χ3n) is 6.30. The van der Waals surface area contributed by atoms with E-state index in [1.807, 2.05) is 44.4 Å². The molecule has 0 saturated heterocycles. The van der Waals surface area contributed by atoms with Crippen LogP contribution in [0.25, 0.3) is 44.2 Å². The molecule has 5 heteroatoms. The zero-order chi connectivity index (χ0) is 21.7. The van der Waals surface area contributed by atoms with Crippen LogP contribution in [0.2, 0.25) is 0 Å². The maximum atomic E-state index is 13.1.